The Bertz CT molecular complexity index is 174. The minimum Gasteiger partial charge on any atom is -0.148 e. The number of thiol groups is 2. The average molecular weight is 188 g/mol. The van der Waals surface area contributed by atoms with E-state index in [4.69, 9.17) is 0 Å². The van der Waals surface area contributed by atoms with Crippen molar-refractivity contribution in [2.75, 3.05) is 0 Å². The van der Waals surface area contributed by atoms with Crippen molar-refractivity contribution in [3.8, 4) is 0 Å². The van der Waals surface area contributed by atoms with Gasteiger partial charge >= 0.3 is 0 Å². The smallest absolute Gasteiger partial charge is 0.000478 e. The SMILES string of the molecule is CC/C=C(/S)C/C(C)=C(/C)S. The maximum absolute atomic E-state index is 4.34. The van der Waals surface area contributed by atoms with E-state index in [0.717, 1.165) is 22.7 Å². The predicted octanol–water partition coefficient (Wildman–Crippen LogP) is 3.82. The zero-order valence-electron chi connectivity index (χ0n) is 7.39. The molecule has 2 heteroatoms. The summed E-state index contributed by atoms with van der Waals surface area (Å²) in [5.41, 5.74) is 1.29. The minimum absolute atomic E-state index is 0.937. The van der Waals surface area contributed by atoms with Gasteiger partial charge in [-0.05, 0) is 36.5 Å². The maximum Gasteiger partial charge on any atom is -0.000478 e. The van der Waals surface area contributed by atoms with Crippen LogP contribution in [0.5, 0.6) is 0 Å². The first-order valence-electron chi connectivity index (χ1n) is 3.81. The van der Waals surface area contributed by atoms with Gasteiger partial charge in [-0.1, -0.05) is 18.6 Å². The summed E-state index contributed by atoms with van der Waals surface area (Å²) in [4.78, 5) is 2.24. The van der Waals surface area contributed by atoms with Crippen LogP contribution in [0.1, 0.15) is 33.6 Å². The lowest BCUT2D eigenvalue weighted by molar-refractivity contribution is 1.13. The highest BCUT2D eigenvalue weighted by Crippen LogP contribution is 2.18. The van der Waals surface area contributed by atoms with E-state index in [2.05, 4.69) is 45.2 Å². The van der Waals surface area contributed by atoms with Crippen LogP contribution in [0, 0.1) is 0 Å². The molecular formula is C9H16S2. The molecule has 0 nitrogen and oxygen atoms in total. The summed E-state index contributed by atoms with van der Waals surface area (Å²) in [7, 11) is 0. The standard InChI is InChI=1S/C9H16S2/c1-4-5-9(11)6-7(2)8(3)10/h5,10-11H,4,6H2,1-3H3/b8-7-,9-5+. The summed E-state index contributed by atoms with van der Waals surface area (Å²) in [5, 5.41) is 0. The van der Waals surface area contributed by atoms with Crippen molar-refractivity contribution < 1.29 is 0 Å². The average Bonchev–Trinajstić information content (AvgIpc) is 1.87. The molecular weight excluding hydrogens is 172 g/mol. The van der Waals surface area contributed by atoms with Crippen LogP contribution in [0.2, 0.25) is 0 Å². The van der Waals surface area contributed by atoms with Crippen molar-refractivity contribution in [3.05, 3.63) is 21.5 Å². The Hall–Kier alpha value is 0.180. The fraction of sp³-hybridized carbons (Fsp3) is 0.556. The van der Waals surface area contributed by atoms with Crippen LogP contribution in [-0.4, -0.2) is 0 Å². The third-order valence-electron chi connectivity index (χ3n) is 1.50. The molecule has 11 heavy (non-hydrogen) atoms. The Morgan fingerprint density at radius 1 is 1.27 bits per heavy atom. The predicted molar refractivity (Wildman–Crippen MR) is 59.3 cm³/mol. The topological polar surface area (TPSA) is 0 Å². The van der Waals surface area contributed by atoms with Gasteiger partial charge in [0.05, 0.1) is 0 Å². The fourth-order valence-electron chi connectivity index (χ4n) is 0.707. The number of rotatable bonds is 3. The molecule has 0 rings (SSSR count). The van der Waals surface area contributed by atoms with Crippen molar-refractivity contribution in [2.24, 2.45) is 0 Å². The maximum atomic E-state index is 4.34. The van der Waals surface area contributed by atoms with Gasteiger partial charge in [-0.25, -0.2) is 0 Å². The summed E-state index contributed by atoms with van der Waals surface area (Å²) < 4.78 is 0. The van der Waals surface area contributed by atoms with E-state index in [1.165, 1.54) is 5.57 Å². The lowest BCUT2D eigenvalue weighted by Gasteiger charge is -2.02. The summed E-state index contributed by atoms with van der Waals surface area (Å²) in [6.07, 6.45) is 4.12. The quantitative estimate of drug-likeness (QED) is 0.618. The lowest BCUT2D eigenvalue weighted by atomic mass is 10.2. The molecule has 0 saturated carbocycles. The molecule has 0 bridgehead atoms. The minimum atomic E-state index is 0.937. The normalized spacial score (nSPS) is 14.8. The summed E-state index contributed by atoms with van der Waals surface area (Å²) in [5.74, 6) is 0. The van der Waals surface area contributed by atoms with Crippen LogP contribution >= 0.6 is 25.3 Å². The second-order valence-electron chi connectivity index (χ2n) is 2.65. The lowest BCUT2D eigenvalue weighted by Crippen LogP contribution is -1.79. The zero-order valence-corrected chi connectivity index (χ0v) is 9.17. The fourth-order valence-corrected chi connectivity index (χ4v) is 1.21. The molecule has 0 unspecified atom stereocenters. The van der Waals surface area contributed by atoms with Crippen LogP contribution < -0.4 is 0 Å². The first-order valence-corrected chi connectivity index (χ1v) is 4.70. The molecule has 0 fully saturated rings. The molecule has 0 heterocycles. The van der Waals surface area contributed by atoms with Gasteiger partial charge in [0, 0.05) is 0 Å². The third-order valence-corrected chi connectivity index (χ3v) is 2.23. The largest absolute Gasteiger partial charge is 0.148 e. The van der Waals surface area contributed by atoms with Gasteiger partial charge in [0.15, 0.2) is 0 Å². The molecule has 0 aromatic rings. The highest BCUT2D eigenvalue weighted by molar-refractivity contribution is 7.84. The molecule has 0 amide bonds. The van der Waals surface area contributed by atoms with Crippen LogP contribution in [0.25, 0.3) is 0 Å². The van der Waals surface area contributed by atoms with Gasteiger partial charge in [0.2, 0.25) is 0 Å². The van der Waals surface area contributed by atoms with E-state index in [0.29, 0.717) is 0 Å². The Morgan fingerprint density at radius 3 is 2.18 bits per heavy atom. The molecule has 0 spiro atoms. The van der Waals surface area contributed by atoms with Gasteiger partial charge in [0.1, 0.15) is 0 Å². The van der Waals surface area contributed by atoms with Gasteiger partial charge in [-0.15, -0.1) is 25.3 Å². The van der Waals surface area contributed by atoms with Crippen LogP contribution in [0.3, 0.4) is 0 Å². The van der Waals surface area contributed by atoms with Crippen LogP contribution in [0.15, 0.2) is 21.5 Å². The van der Waals surface area contributed by atoms with Crippen molar-refractivity contribution in [3.63, 3.8) is 0 Å². The number of hydrogen-bond acceptors (Lipinski definition) is 2. The Balaban J connectivity index is 4.06. The molecule has 0 aromatic carbocycles. The van der Waals surface area contributed by atoms with Gasteiger partial charge in [-0.3, -0.25) is 0 Å². The van der Waals surface area contributed by atoms with Gasteiger partial charge in [-0.2, -0.15) is 0 Å². The second kappa shape index (κ2) is 5.78. The van der Waals surface area contributed by atoms with E-state index >= 15 is 0 Å². The van der Waals surface area contributed by atoms with Gasteiger partial charge in [0.25, 0.3) is 0 Å². The first-order chi connectivity index (χ1) is 5.07. The molecule has 0 aliphatic carbocycles. The monoisotopic (exact) mass is 188 g/mol. The van der Waals surface area contributed by atoms with Crippen molar-refractivity contribution in [1.29, 1.82) is 0 Å². The molecule has 64 valence electrons. The summed E-state index contributed by atoms with van der Waals surface area (Å²) in [6.45, 7) is 6.20. The van der Waals surface area contributed by atoms with Gasteiger partial charge < -0.3 is 0 Å². The molecule has 0 aromatic heterocycles. The van der Waals surface area contributed by atoms with Crippen molar-refractivity contribution in [1.82, 2.24) is 0 Å². The Labute approximate surface area is 80.6 Å². The van der Waals surface area contributed by atoms with E-state index in [1.807, 2.05) is 6.92 Å². The molecule has 0 saturated heterocycles. The van der Waals surface area contributed by atoms with Crippen LogP contribution in [0.4, 0.5) is 0 Å². The van der Waals surface area contributed by atoms with E-state index in [9.17, 15) is 0 Å². The Morgan fingerprint density at radius 2 is 1.82 bits per heavy atom. The van der Waals surface area contributed by atoms with E-state index < -0.39 is 0 Å². The first kappa shape index (κ1) is 11.2. The van der Waals surface area contributed by atoms with Crippen LogP contribution in [-0.2, 0) is 0 Å². The highest BCUT2D eigenvalue weighted by Gasteiger charge is 1.94. The molecule has 0 atom stereocenters. The van der Waals surface area contributed by atoms with E-state index in [-0.39, 0.29) is 0 Å². The number of hydrogen-bond donors (Lipinski definition) is 2. The highest BCUT2D eigenvalue weighted by atomic mass is 32.1. The number of allylic oxidation sites excluding steroid dienone is 4. The molecule has 0 N–H and O–H groups in total. The molecule has 0 aliphatic heterocycles. The van der Waals surface area contributed by atoms with Crippen molar-refractivity contribution >= 4 is 25.3 Å². The third kappa shape index (κ3) is 5.45. The zero-order chi connectivity index (χ0) is 8.85. The molecule has 0 aliphatic rings. The molecule has 0 radical (unpaired) electrons. The summed E-state index contributed by atoms with van der Waals surface area (Å²) in [6, 6.07) is 0. The van der Waals surface area contributed by atoms with Crippen molar-refractivity contribution in [2.45, 2.75) is 33.6 Å². The Kier molecular flexibility index (Phi) is 5.88. The second-order valence-corrected chi connectivity index (χ2v) is 3.89. The summed E-state index contributed by atoms with van der Waals surface area (Å²) >= 11 is 8.59. The van der Waals surface area contributed by atoms with E-state index in [1.54, 1.807) is 0 Å².